The van der Waals surface area contributed by atoms with Crippen LogP contribution in [0.4, 0.5) is 0 Å². The molecule has 2 aromatic rings. The number of aliphatic hydroxyl groups excluding tert-OH is 1. The van der Waals surface area contributed by atoms with Crippen LogP contribution in [0.1, 0.15) is 34.2 Å². The predicted molar refractivity (Wildman–Crippen MR) is 88.5 cm³/mol. The first-order valence-electron chi connectivity index (χ1n) is 7.99. The van der Waals surface area contributed by atoms with Crippen LogP contribution in [-0.2, 0) is 0 Å². The van der Waals surface area contributed by atoms with Gasteiger partial charge in [-0.2, -0.15) is 0 Å². The predicted octanol–water partition coefficient (Wildman–Crippen LogP) is 2.16. The van der Waals surface area contributed by atoms with E-state index in [1.807, 2.05) is 18.2 Å². The molecule has 7 heteroatoms. The number of nitrogens with zero attached hydrogens (tertiary/aromatic N) is 1. The number of hydrogen-bond acceptors (Lipinski definition) is 6. The van der Waals surface area contributed by atoms with Crippen molar-refractivity contribution < 1.29 is 19.4 Å². The van der Waals surface area contributed by atoms with Crippen molar-refractivity contribution in [1.82, 2.24) is 10.3 Å². The van der Waals surface area contributed by atoms with E-state index in [4.69, 9.17) is 9.47 Å². The fraction of sp³-hybridized carbons (Fsp3) is 0.412. The molecule has 0 saturated heterocycles. The summed E-state index contributed by atoms with van der Waals surface area (Å²) in [5.41, 5.74) is 0.811. The van der Waals surface area contributed by atoms with Crippen LogP contribution in [0.5, 0.6) is 11.5 Å². The first-order chi connectivity index (χ1) is 11.7. The van der Waals surface area contributed by atoms with Crippen LogP contribution in [-0.4, -0.2) is 35.3 Å². The van der Waals surface area contributed by atoms with Gasteiger partial charge in [0.2, 0.25) is 0 Å². The third kappa shape index (κ3) is 2.85. The molecule has 2 aromatic heterocycles. The molecular formula is C17H18N2O4S. The standard InChI is InChI=1S/C17H18N2O4S/c20-11-7-10(8-11)14(12-3-1-2-4-18-12)19-17(21)16-15-13(9-24-16)22-5-6-23-15/h1-4,9-11,14,20H,5-8H2,(H,19,21). The summed E-state index contributed by atoms with van der Waals surface area (Å²) in [4.78, 5) is 17.7. The highest BCUT2D eigenvalue weighted by Crippen LogP contribution is 2.41. The van der Waals surface area contributed by atoms with E-state index in [0.29, 0.717) is 42.4 Å². The van der Waals surface area contributed by atoms with Crippen LogP contribution in [0.25, 0.3) is 0 Å². The van der Waals surface area contributed by atoms with Gasteiger partial charge in [-0.25, -0.2) is 0 Å². The second-order valence-electron chi connectivity index (χ2n) is 6.05. The lowest BCUT2D eigenvalue weighted by atomic mass is 9.76. The average molecular weight is 346 g/mol. The van der Waals surface area contributed by atoms with Crippen LogP contribution < -0.4 is 14.8 Å². The molecule has 0 bridgehead atoms. The Morgan fingerprint density at radius 3 is 2.92 bits per heavy atom. The number of carbonyl (C=O) groups is 1. The molecule has 0 radical (unpaired) electrons. The fourth-order valence-electron chi connectivity index (χ4n) is 3.12. The Kier molecular flexibility index (Phi) is 4.12. The van der Waals surface area contributed by atoms with E-state index < -0.39 is 0 Å². The van der Waals surface area contributed by atoms with Gasteiger partial charge < -0.3 is 19.9 Å². The Labute approximate surface area is 143 Å². The third-order valence-corrected chi connectivity index (χ3v) is 5.36. The van der Waals surface area contributed by atoms with E-state index in [-0.39, 0.29) is 24.0 Å². The van der Waals surface area contributed by atoms with Gasteiger partial charge in [-0.05, 0) is 30.9 Å². The molecule has 0 aromatic carbocycles. The molecule has 1 amide bonds. The van der Waals surface area contributed by atoms with Crippen molar-refractivity contribution in [3.8, 4) is 11.5 Å². The highest BCUT2D eigenvalue weighted by atomic mass is 32.1. The van der Waals surface area contributed by atoms with Crippen LogP contribution in [0, 0.1) is 5.92 Å². The Morgan fingerprint density at radius 1 is 1.33 bits per heavy atom. The number of rotatable bonds is 4. The number of aliphatic hydroxyl groups is 1. The molecule has 2 aliphatic rings. The summed E-state index contributed by atoms with van der Waals surface area (Å²) in [5.74, 6) is 1.15. The van der Waals surface area contributed by atoms with Gasteiger partial charge in [-0.3, -0.25) is 9.78 Å². The molecular weight excluding hydrogens is 328 g/mol. The summed E-state index contributed by atoms with van der Waals surface area (Å²) >= 11 is 1.32. The summed E-state index contributed by atoms with van der Waals surface area (Å²) in [6.45, 7) is 0.948. The number of hydrogen-bond donors (Lipinski definition) is 2. The quantitative estimate of drug-likeness (QED) is 0.887. The minimum atomic E-state index is -0.288. The van der Waals surface area contributed by atoms with E-state index >= 15 is 0 Å². The molecule has 126 valence electrons. The summed E-state index contributed by atoms with van der Waals surface area (Å²) in [5, 5.41) is 14.5. The summed E-state index contributed by atoms with van der Waals surface area (Å²) in [6.07, 6.45) is 2.77. The number of ether oxygens (including phenoxy) is 2. The van der Waals surface area contributed by atoms with Gasteiger partial charge in [0.1, 0.15) is 18.1 Å². The maximum atomic E-state index is 12.8. The van der Waals surface area contributed by atoms with Crippen LogP contribution >= 0.6 is 11.3 Å². The number of amides is 1. The first kappa shape index (κ1) is 15.4. The summed E-state index contributed by atoms with van der Waals surface area (Å²) < 4.78 is 11.1. The molecule has 1 saturated carbocycles. The van der Waals surface area contributed by atoms with Crippen molar-refractivity contribution >= 4 is 17.2 Å². The van der Waals surface area contributed by atoms with E-state index in [1.54, 1.807) is 11.6 Å². The number of aromatic nitrogens is 1. The largest absolute Gasteiger partial charge is 0.485 e. The number of nitrogens with one attached hydrogen (secondary N) is 1. The molecule has 1 fully saturated rings. The molecule has 2 N–H and O–H groups in total. The van der Waals surface area contributed by atoms with E-state index in [2.05, 4.69) is 10.3 Å². The van der Waals surface area contributed by atoms with Crippen molar-refractivity contribution in [3.63, 3.8) is 0 Å². The molecule has 1 aliphatic heterocycles. The van der Waals surface area contributed by atoms with Gasteiger partial charge in [0, 0.05) is 11.6 Å². The van der Waals surface area contributed by atoms with Gasteiger partial charge in [0.25, 0.3) is 5.91 Å². The van der Waals surface area contributed by atoms with Gasteiger partial charge >= 0.3 is 0 Å². The van der Waals surface area contributed by atoms with Crippen molar-refractivity contribution in [2.45, 2.75) is 25.0 Å². The Bertz CT molecular complexity index is 727. The van der Waals surface area contributed by atoms with Crippen LogP contribution in [0.3, 0.4) is 0 Å². The molecule has 1 unspecified atom stereocenters. The average Bonchev–Trinajstić information content (AvgIpc) is 3.02. The topological polar surface area (TPSA) is 80.7 Å². The lowest BCUT2D eigenvalue weighted by Crippen LogP contribution is -2.41. The highest BCUT2D eigenvalue weighted by Gasteiger charge is 2.37. The zero-order valence-corrected chi connectivity index (χ0v) is 13.8. The Balaban J connectivity index is 1.56. The van der Waals surface area contributed by atoms with Gasteiger partial charge in [0.05, 0.1) is 17.8 Å². The fourth-order valence-corrected chi connectivity index (χ4v) is 3.95. The molecule has 6 nitrogen and oxygen atoms in total. The lowest BCUT2D eigenvalue weighted by molar-refractivity contribution is 0.0228. The summed E-state index contributed by atoms with van der Waals surface area (Å²) in [6, 6.07) is 5.43. The zero-order chi connectivity index (χ0) is 16.5. The van der Waals surface area contributed by atoms with Crippen molar-refractivity contribution in [2.24, 2.45) is 5.92 Å². The van der Waals surface area contributed by atoms with Crippen molar-refractivity contribution in [2.75, 3.05) is 13.2 Å². The van der Waals surface area contributed by atoms with E-state index in [0.717, 1.165) is 5.69 Å². The van der Waals surface area contributed by atoms with Crippen LogP contribution in [0.15, 0.2) is 29.8 Å². The molecule has 1 aliphatic carbocycles. The summed E-state index contributed by atoms with van der Waals surface area (Å²) in [7, 11) is 0. The SMILES string of the molecule is O=C(NC(c1ccccn1)C1CC(O)C1)c1scc2c1OCCO2. The van der Waals surface area contributed by atoms with Gasteiger partial charge in [-0.15, -0.1) is 11.3 Å². The lowest BCUT2D eigenvalue weighted by Gasteiger charge is -2.37. The maximum absolute atomic E-state index is 12.8. The monoisotopic (exact) mass is 346 g/mol. The molecule has 4 rings (SSSR count). The highest BCUT2D eigenvalue weighted by molar-refractivity contribution is 7.12. The van der Waals surface area contributed by atoms with Gasteiger partial charge in [-0.1, -0.05) is 6.07 Å². The van der Waals surface area contributed by atoms with Crippen molar-refractivity contribution in [3.05, 3.63) is 40.3 Å². The minimum absolute atomic E-state index is 0.187. The molecule has 3 heterocycles. The molecule has 1 atom stereocenters. The Morgan fingerprint density at radius 2 is 2.17 bits per heavy atom. The normalized spacial score (nSPS) is 23.2. The number of carbonyl (C=O) groups excluding carboxylic acids is 1. The van der Waals surface area contributed by atoms with Gasteiger partial charge in [0.15, 0.2) is 11.5 Å². The third-order valence-electron chi connectivity index (χ3n) is 4.42. The first-order valence-corrected chi connectivity index (χ1v) is 8.87. The number of thiophene rings is 1. The second-order valence-corrected chi connectivity index (χ2v) is 6.93. The van der Waals surface area contributed by atoms with E-state index in [1.165, 1.54) is 11.3 Å². The zero-order valence-electron chi connectivity index (χ0n) is 13.0. The molecule has 0 spiro atoms. The number of fused-ring (bicyclic) bond motifs is 1. The van der Waals surface area contributed by atoms with Crippen LogP contribution in [0.2, 0.25) is 0 Å². The van der Waals surface area contributed by atoms with E-state index in [9.17, 15) is 9.90 Å². The Hall–Kier alpha value is -2.12. The minimum Gasteiger partial charge on any atom is -0.485 e. The second kappa shape index (κ2) is 6.41. The maximum Gasteiger partial charge on any atom is 0.265 e. The number of pyridine rings is 1. The smallest absolute Gasteiger partial charge is 0.265 e. The molecule has 24 heavy (non-hydrogen) atoms. The van der Waals surface area contributed by atoms with Crippen molar-refractivity contribution in [1.29, 1.82) is 0 Å².